The molecular formula is C22H28N2O3S. The van der Waals surface area contributed by atoms with Crippen molar-refractivity contribution in [1.29, 1.82) is 0 Å². The number of amides is 1. The molecule has 1 aromatic heterocycles. The van der Waals surface area contributed by atoms with E-state index >= 15 is 0 Å². The Labute approximate surface area is 170 Å². The van der Waals surface area contributed by atoms with Gasteiger partial charge in [0.15, 0.2) is 11.5 Å². The van der Waals surface area contributed by atoms with E-state index in [9.17, 15) is 4.79 Å². The van der Waals surface area contributed by atoms with Gasteiger partial charge in [0.25, 0.3) is 0 Å². The van der Waals surface area contributed by atoms with Crippen LogP contribution in [0.4, 0.5) is 0 Å². The summed E-state index contributed by atoms with van der Waals surface area (Å²) in [7, 11) is 0. The van der Waals surface area contributed by atoms with E-state index in [0.29, 0.717) is 26.2 Å². The third-order valence-electron chi connectivity index (χ3n) is 5.59. The fourth-order valence-electron chi connectivity index (χ4n) is 3.89. The van der Waals surface area contributed by atoms with Crippen LogP contribution in [-0.2, 0) is 11.2 Å². The molecule has 0 saturated carbocycles. The predicted octanol–water partition coefficient (Wildman–Crippen LogP) is 3.65. The molecule has 0 spiro atoms. The Hall–Kier alpha value is -2.05. The summed E-state index contributed by atoms with van der Waals surface area (Å²) in [6, 6.07) is 10.3. The smallest absolute Gasteiger partial charge is 0.224 e. The number of benzene rings is 1. The van der Waals surface area contributed by atoms with Crippen LogP contribution in [0, 0.1) is 5.92 Å². The van der Waals surface area contributed by atoms with Crippen LogP contribution in [0.2, 0.25) is 0 Å². The van der Waals surface area contributed by atoms with Gasteiger partial charge < -0.3 is 14.8 Å². The quantitative estimate of drug-likeness (QED) is 0.804. The second-order valence-corrected chi connectivity index (χ2v) is 8.69. The van der Waals surface area contributed by atoms with Gasteiger partial charge in [-0.15, -0.1) is 11.3 Å². The molecule has 1 N–H and O–H groups in total. The van der Waals surface area contributed by atoms with Crippen molar-refractivity contribution in [1.82, 2.24) is 10.2 Å². The monoisotopic (exact) mass is 400 g/mol. The van der Waals surface area contributed by atoms with Gasteiger partial charge in [-0.1, -0.05) is 19.1 Å². The molecule has 1 fully saturated rings. The third kappa shape index (κ3) is 4.67. The van der Waals surface area contributed by atoms with Crippen LogP contribution in [0.15, 0.2) is 35.7 Å². The molecule has 0 radical (unpaired) electrons. The summed E-state index contributed by atoms with van der Waals surface area (Å²) in [4.78, 5) is 16.4. The number of nitrogens with zero attached hydrogens (tertiary/aromatic N) is 1. The fraction of sp³-hybridized carbons (Fsp3) is 0.500. The van der Waals surface area contributed by atoms with E-state index in [1.165, 1.54) is 17.7 Å². The lowest BCUT2D eigenvalue weighted by atomic mass is 9.97. The summed E-state index contributed by atoms with van der Waals surface area (Å²) in [5.41, 5.74) is 0.946. The van der Waals surface area contributed by atoms with E-state index in [1.54, 1.807) is 11.3 Å². The second-order valence-electron chi connectivity index (χ2n) is 7.71. The first-order chi connectivity index (χ1) is 13.7. The number of nitrogens with one attached hydrogen (secondary N) is 1. The van der Waals surface area contributed by atoms with Crippen molar-refractivity contribution in [3.63, 3.8) is 0 Å². The molecule has 1 aromatic carbocycles. The van der Waals surface area contributed by atoms with Crippen LogP contribution >= 0.6 is 11.3 Å². The molecule has 1 saturated heterocycles. The Balaban J connectivity index is 1.36. The minimum atomic E-state index is 0.0450. The van der Waals surface area contributed by atoms with Crippen molar-refractivity contribution in [2.24, 2.45) is 5.92 Å². The molecule has 6 heteroatoms. The van der Waals surface area contributed by atoms with Gasteiger partial charge in [-0.25, -0.2) is 0 Å². The van der Waals surface area contributed by atoms with Gasteiger partial charge in [0.05, 0.1) is 12.5 Å². The van der Waals surface area contributed by atoms with E-state index in [2.05, 4.69) is 34.7 Å². The maximum Gasteiger partial charge on any atom is 0.224 e. The van der Waals surface area contributed by atoms with Crippen molar-refractivity contribution >= 4 is 17.2 Å². The number of fused-ring (bicyclic) bond motifs is 1. The zero-order valence-corrected chi connectivity index (χ0v) is 17.2. The lowest BCUT2D eigenvalue weighted by Gasteiger charge is -2.36. The second kappa shape index (κ2) is 8.97. The van der Waals surface area contributed by atoms with E-state index in [1.807, 2.05) is 18.2 Å². The highest BCUT2D eigenvalue weighted by molar-refractivity contribution is 7.10. The van der Waals surface area contributed by atoms with Gasteiger partial charge in [0, 0.05) is 11.4 Å². The number of hydrogen-bond acceptors (Lipinski definition) is 5. The molecule has 1 atom stereocenters. The Morgan fingerprint density at radius 3 is 2.75 bits per heavy atom. The summed E-state index contributed by atoms with van der Waals surface area (Å²) in [6.07, 6.45) is 2.81. The Bertz CT molecular complexity index is 785. The molecule has 28 heavy (non-hydrogen) atoms. The first-order valence-corrected chi connectivity index (χ1v) is 11.0. The molecule has 1 unspecified atom stereocenters. The molecule has 4 rings (SSSR count). The molecule has 2 aromatic rings. The Morgan fingerprint density at radius 2 is 2.00 bits per heavy atom. The molecule has 0 aliphatic carbocycles. The van der Waals surface area contributed by atoms with Gasteiger partial charge in [0.2, 0.25) is 5.91 Å². The van der Waals surface area contributed by atoms with Crippen LogP contribution in [0.3, 0.4) is 0 Å². The standard InChI is InChI=1S/C22H28N2O3S/c1-16-6-8-24(9-7-16)18(21-3-2-12-28-21)15-23-22(25)14-17-4-5-19-20(13-17)27-11-10-26-19/h2-5,12-13,16,18H,6-11,14-15H2,1H3,(H,23,25). The number of ether oxygens (including phenoxy) is 2. The van der Waals surface area contributed by atoms with Gasteiger partial charge in [-0.05, 0) is 61.0 Å². The van der Waals surface area contributed by atoms with Crippen molar-refractivity contribution in [2.75, 3.05) is 32.8 Å². The first kappa shape index (κ1) is 19.3. The van der Waals surface area contributed by atoms with Gasteiger partial charge in [-0.3, -0.25) is 9.69 Å². The SMILES string of the molecule is CC1CCN(C(CNC(=O)Cc2ccc3c(c2)OCCO3)c2cccs2)CC1. The van der Waals surface area contributed by atoms with Gasteiger partial charge in [-0.2, -0.15) is 0 Å². The largest absolute Gasteiger partial charge is 0.486 e. The first-order valence-electron chi connectivity index (χ1n) is 10.1. The lowest BCUT2D eigenvalue weighted by molar-refractivity contribution is -0.120. The number of carbonyl (C=O) groups excluding carboxylic acids is 1. The van der Waals surface area contributed by atoms with Crippen LogP contribution in [0.1, 0.15) is 36.2 Å². The van der Waals surface area contributed by atoms with Crippen molar-refractivity contribution < 1.29 is 14.3 Å². The zero-order valence-electron chi connectivity index (χ0n) is 16.4. The highest BCUT2D eigenvalue weighted by Crippen LogP contribution is 2.31. The van der Waals surface area contributed by atoms with Crippen LogP contribution in [-0.4, -0.2) is 43.7 Å². The molecule has 5 nitrogen and oxygen atoms in total. The van der Waals surface area contributed by atoms with Gasteiger partial charge >= 0.3 is 0 Å². The van der Waals surface area contributed by atoms with Crippen molar-refractivity contribution in [3.8, 4) is 11.5 Å². The summed E-state index contributed by atoms with van der Waals surface area (Å²) >= 11 is 1.77. The molecule has 3 heterocycles. The number of thiophene rings is 1. The van der Waals surface area contributed by atoms with E-state index in [4.69, 9.17) is 9.47 Å². The van der Waals surface area contributed by atoms with Crippen molar-refractivity contribution in [3.05, 3.63) is 46.2 Å². The van der Waals surface area contributed by atoms with Crippen molar-refractivity contribution in [2.45, 2.75) is 32.2 Å². The Morgan fingerprint density at radius 1 is 1.21 bits per heavy atom. The molecule has 2 aliphatic heterocycles. The highest BCUT2D eigenvalue weighted by Gasteiger charge is 2.25. The Kier molecular flexibility index (Phi) is 6.17. The van der Waals surface area contributed by atoms with Crippen LogP contribution in [0.5, 0.6) is 11.5 Å². The zero-order chi connectivity index (χ0) is 19.3. The summed E-state index contributed by atoms with van der Waals surface area (Å²) in [6.45, 7) is 6.31. The van der Waals surface area contributed by atoms with E-state index in [-0.39, 0.29) is 11.9 Å². The van der Waals surface area contributed by atoms with Gasteiger partial charge in [0.1, 0.15) is 13.2 Å². The summed E-state index contributed by atoms with van der Waals surface area (Å²) in [5.74, 6) is 2.33. The van der Waals surface area contributed by atoms with E-state index in [0.717, 1.165) is 36.1 Å². The maximum atomic E-state index is 12.6. The molecule has 1 amide bonds. The molecule has 2 aliphatic rings. The summed E-state index contributed by atoms with van der Waals surface area (Å²) in [5, 5.41) is 5.28. The topological polar surface area (TPSA) is 50.8 Å². The molecular weight excluding hydrogens is 372 g/mol. The average molecular weight is 401 g/mol. The van der Waals surface area contributed by atoms with Crippen LogP contribution < -0.4 is 14.8 Å². The van der Waals surface area contributed by atoms with Crippen LogP contribution in [0.25, 0.3) is 0 Å². The molecule has 150 valence electrons. The average Bonchev–Trinajstić information content (AvgIpc) is 3.24. The normalized spacial score (nSPS) is 18.6. The number of rotatable bonds is 6. The molecule has 0 bridgehead atoms. The lowest BCUT2D eigenvalue weighted by Crippen LogP contribution is -2.41. The summed E-state index contributed by atoms with van der Waals surface area (Å²) < 4.78 is 11.2. The number of likely N-dealkylation sites (tertiary alicyclic amines) is 1. The number of hydrogen-bond donors (Lipinski definition) is 1. The highest BCUT2D eigenvalue weighted by atomic mass is 32.1. The number of carbonyl (C=O) groups is 1. The number of piperidine rings is 1. The predicted molar refractivity (Wildman–Crippen MR) is 111 cm³/mol. The third-order valence-corrected chi connectivity index (χ3v) is 6.57. The minimum Gasteiger partial charge on any atom is -0.486 e. The van der Waals surface area contributed by atoms with E-state index < -0.39 is 0 Å². The maximum absolute atomic E-state index is 12.6. The fourth-order valence-corrected chi connectivity index (χ4v) is 4.75. The minimum absolute atomic E-state index is 0.0450.